The van der Waals surface area contributed by atoms with Crippen molar-refractivity contribution in [3.05, 3.63) is 0 Å². The van der Waals surface area contributed by atoms with Crippen LogP contribution in [0, 0.1) is 5.92 Å². The lowest BCUT2D eigenvalue weighted by Gasteiger charge is -2.18. The first kappa shape index (κ1) is 58.4. The summed E-state index contributed by atoms with van der Waals surface area (Å²) < 4.78 is 16.8. The molecule has 1 atom stereocenters. The van der Waals surface area contributed by atoms with E-state index in [1.54, 1.807) is 0 Å². The molecule has 0 aromatic carbocycles. The van der Waals surface area contributed by atoms with Gasteiger partial charge in [-0.2, -0.15) is 0 Å². The van der Waals surface area contributed by atoms with Crippen LogP contribution in [0.1, 0.15) is 304 Å². The molecule has 0 saturated carbocycles. The molecule has 0 aliphatic rings. The number of esters is 3. The Balaban J connectivity index is 4.12. The third kappa shape index (κ3) is 47.5. The van der Waals surface area contributed by atoms with Crippen molar-refractivity contribution in [2.75, 3.05) is 13.2 Å². The first-order chi connectivity index (χ1) is 29.4. The summed E-state index contributed by atoms with van der Waals surface area (Å²) in [5, 5.41) is 0. The molecule has 60 heavy (non-hydrogen) atoms. The number of carbonyl (C=O) groups excluding carboxylic acids is 3. The van der Waals surface area contributed by atoms with E-state index < -0.39 is 6.10 Å². The second-order valence-electron chi connectivity index (χ2n) is 19.0. The average molecular weight is 849 g/mol. The molecular formula is C54H104O6. The second-order valence-corrected chi connectivity index (χ2v) is 19.0. The van der Waals surface area contributed by atoms with Crippen LogP contribution in [0.25, 0.3) is 0 Å². The first-order valence-corrected chi connectivity index (χ1v) is 26.9. The number of hydrogen-bond acceptors (Lipinski definition) is 6. The van der Waals surface area contributed by atoms with Gasteiger partial charge in [0.1, 0.15) is 13.2 Å². The minimum Gasteiger partial charge on any atom is -0.462 e. The van der Waals surface area contributed by atoms with Crippen molar-refractivity contribution in [3.63, 3.8) is 0 Å². The zero-order chi connectivity index (χ0) is 43.8. The molecule has 0 unspecified atom stereocenters. The lowest BCUT2D eigenvalue weighted by atomic mass is 10.0. The molecule has 0 aliphatic carbocycles. The van der Waals surface area contributed by atoms with Crippen LogP contribution in [-0.4, -0.2) is 37.2 Å². The van der Waals surface area contributed by atoms with Crippen LogP contribution < -0.4 is 0 Å². The normalized spacial score (nSPS) is 11.9. The molecule has 0 aromatic rings. The lowest BCUT2D eigenvalue weighted by molar-refractivity contribution is -0.167. The molecule has 6 nitrogen and oxygen atoms in total. The summed E-state index contributed by atoms with van der Waals surface area (Å²) in [6, 6.07) is 0. The number of carbonyl (C=O) groups is 3. The molecule has 0 N–H and O–H groups in total. The van der Waals surface area contributed by atoms with Gasteiger partial charge in [0.2, 0.25) is 0 Å². The zero-order valence-electron chi connectivity index (χ0n) is 40.9. The van der Waals surface area contributed by atoms with Crippen molar-refractivity contribution < 1.29 is 28.6 Å². The molecule has 6 heteroatoms. The minimum absolute atomic E-state index is 0.0632. The number of ether oxygens (including phenoxy) is 3. The highest BCUT2D eigenvalue weighted by Crippen LogP contribution is 2.17. The van der Waals surface area contributed by atoms with Gasteiger partial charge in [0, 0.05) is 19.3 Å². The quantitative estimate of drug-likeness (QED) is 0.0345. The van der Waals surface area contributed by atoms with Gasteiger partial charge in [-0.25, -0.2) is 0 Å². The topological polar surface area (TPSA) is 78.9 Å². The molecule has 0 aromatic heterocycles. The Morgan fingerprint density at radius 1 is 0.317 bits per heavy atom. The monoisotopic (exact) mass is 849 g/mol. The Labute approximate surface area is 374 Å². The van der Waals surface area contributed by atoms with Crippen molar-refractivity contribution in [2.45, 2.75) is 310 Å². The maximum Gasteiger partial charge on any atom is 0.306 e. The Morgan fingerprint density at radius 3 is 0.817 bits per heavy atom. The van der Waals surface area contributed by atoms with Gasteiger partial charge in [-0.3, -0.25) is 14.4 Å². The summed E-state index contributed by atoms with van der Waals surface area (Å²) in [5.41, 5.74) is 0. The summed E-state index contributed by atoms with van der Waals surface area (Å²) >= 11 is 0. The fourth-order valence-electron chi connectivity index (χ4n) is 8.22. The summed E-state index contributed by atoms with van der Waals surface area (Å²) in [4.78, 5) is 37.8. The number of unbranched alkanes of at least 4 members (excludes halogenated alkanes) is 36. The molecule has 0 amide bonds. The molecule has 0 bridgehead atoms. The molecule has 0 rings (SSSR count). The van der Waals surface area contributed by atoms with E-state index in [1.165, 1.54) is 199 Å². The van der Waals surface area contributed by atoms with E-state index in [4.69, 9.17) is 14.2 Å². The first-order valence-electron chi connectivity index (χ1n) is 26.9. The summed E-state index contributed by atoms with van der Waals surface area (Å²) in [5.74, 6) is -0.00990. The van der Waals surface area contributed by atoms with E-state index in [2.05, 4.69) is 27.7 Å². The lowest BCUT2D eigenvalue weighted by Crippen LogP contribution is -2.30. The minimum atomic E-state index is -0.759. The zero-order valence-corrected chi connectivity index (χ0v) is 40.9. The van der Waals surface area contributed by atoms with Gasteiger partial charge in [0.15, 0.2) is 6.10 Å². The van der Waals surface area contributed by atoms with E-state index in [-0.39, 0.29) is 31.1 Å². The molecule has 0 radical (unpaired) electrons. The van der Waals surface area contributed by atoms with E-state index >= 15 is 0 Å². The van der Waals surface area contributed by atoms with Gasteiger partial charge in [-0.05, 0) is 25.2 Å². The Kier molecular flexibility index (Phi) is 47.2. The molecule has 0 heterocycles. The Hall–Kier alpha value is -1.59. The van der Waals surface area contributed by atoms with Gasteiger partial charge in [0.05, 0.1) is 0 Å². The predicted octanol–water partition coefficient (Wildman–Crippen LogP) is 17.5. The number of rotatable bonds is 49. The molecule has 0 fully saturated rings. The van der Waals surface area contributed by atoms with Crippen LogP contribution in [0.4, 0.5) is 0 Å². The van der Waals surface area contributed by atoms with Gasteiger partial charge in [0.25, 0.3) is 0 Å². The summed E-state index contributed by atoms with van der Waals surface area (Å²) in [6.45, 7) is 9.00. The van der Waals surface area contributed by atoms with Crippen LogP contribution >= 0.6 is 0 Å². The van der Waals surface area contributed by atoms with Crippen molar-refractivity contribution in [2.24, 2.45) is 5.92 Å². The van der Waals surface area contributed by atoms with Gasteiger partial charge in [-0.1, -0.05) is 265 Å². The van der Waals surface area contributed by atoms with Crippen LogP contribution in [0.15, 0.2) is 0 Å². The SMILES string of the molecule is CCCCCCCCCCCCCCCCCCCCCC(=O)OC[C@@H](COC(=O)CCCCCCCCCCCCCCCC(C)C)OC(=O)CCCCCCCCC. The van der Waals surface area contributed by atoms with Crippen molar-refractivity contribution in [1.82, 2.24) is 0 Å². The van der Waals surface area contributed by atoms with Crippen molar-refractivity contribution in [1.29, 1.82) is 0 Å². The third-order valence-corrected chi connectivity index (χ3v) is 12.3. The smallest absolute Gasteiger partial charge is 0.306 e. The average Bonchev–Trinajstić information content (AvgIpc) is 3.23. The van der Waals surface area contributed by atoms with E-state index in [0.717, 1.165) is 63.7 Å². The molecular weight excluding hydrogens is 745 g/mol. The highest BCUT2D eigenvalue weighted by molar-refractivity contribution is 5.71. The van der Waals surface area contributed by atoms with Crippen molar-refractivity contribution >= 4 is 17.9 Å². The molecule has 0 spiro atoms. The van der Waals surface area contributed by atoms with Gasteiger partial charge >= 0.3 is 17.9 Å². The van der Waals surface area contributed by atoms with Crippen molar-refractivity contribution in [3.8, 4) is 0 Å². The van der Waals surface area contributed by atoms with E-state index in [9.17, 15) is 14.4 Å². The predicted molar refractivity (Wildman–Crippen MR) is 257 cm³/mol. The maximum atomic E-state index is 12.7. The molecule has 356 valence electrons. The largest absolute Gasteiger partial charge is 0.462 e. The standard InChI is InChI=1S/C54H104O6/c1-5-7-9-11-13-14-15-16-17-18-19-20-21-24-27-30-34-37-41-45-52(55)58-48-51(60-54(57)47-43-39-32-12-10-8-6-2)49-59-53(56)46-42-38-35-31-28-25-22-23-26-29-33-36-40-44-50(3)4/h50-51H,5-49H2,1-4H3/t51-/m0/s1. The number of hydrogen-bond donors (Lipinski definition) is 0. The Morgan fingerprint density at radius 2 is 0.550 bits per heavy atom. The van der Waals surface area contributed by atoms with Gasteiger partial charge < -0.3 is 14.2 Å². The highest BCUT2D eigenvalue weighted by atomic mass is 16.6. The fraction of sp³-hybridized carbons (Fsp3) is 0.944. The molecule has 0 saturated heterocycles. The third-order valence-electron chi connectivity index (χ3n) is 12.3. The van der Waals surface area contributed by atoms with Crippen LogP contribution in [0.5, 0.6) is 0 Å². The van der Waals surface area contributed by atoms with E-state index in [0.29, 0.717) is 19.3 Å². The maximum absolute atomic E-state index is 12.7. The fourth-order valence-corrected chi connectivity index (χ4v) is 8.22. The highest BCUT2D eigenvalue weighted by Gasteiger charge is 2.19. The van der Waals surface area contributed by atoms with Crippen LogP contribution in [-0.2, 0) is 28.6 Å². The second kappa shape index (κ2) is 48.4. The molecule has 0 aliphatic heterocycles. The van der Waals surface area contributed by atoms with Crippen LogP contribution in [0.3, 0.4) is 0 Å². The van der Waals surface area contributed by atoms with Gasteiger partial charge in [-0.15, -0.1) is 0 Å². The van der Waals surface area contributed by atoms with E-state index in [1.807, 2.05) is 0 Å². The Bertz CT molecular complexity index is 903. The summed E-state index contributed by atoms with van der Waals surface area (Å²) in [6.07, 6.45) is 51.1. The summed E-state index contributed by atoms with van der Waals surface area (Å²) in [7, 11) is 0. The van der Waals surface area contributed by atoms with Crippen LogP contribution in [0.2, 0.25) is 0 Å².